The Balaban J connectivity index is 1.51. The molecule has 7 heteroatoms. The maximum Gasteiger partial charge on any atom is 0.193 e. The summed E-state index contributed by atoms with van der Waals surface area (Å²) in [5, 5.41) is 10.9. The molecule has 3 rings (SSSR count). The average Bonchev–Trinajstić information content (AvgIpc) is 3.24. The van der Waals surface area contributed by atoms with Crippen molar-refractivity contribution in [2.75, 3.05) is 26.7 Å². The summed E-state index contributed by atoms with van der Waals surface area (Å²) in [6, 6.07) is 0. The van der Waals surface area contributed by atoms with E-state index in [2.05, 4.69) is 31.5 Å². The summed E-state index contributed by atoms with van der Waals surface area (Å²) in [7, 11) is 3.82. The molecule has 1 aliphatic heterocycles. The monoisotopic (exact) mass is 318 g/mol. The van der Waals surface area contributed by atoms with E-state index in [-0.39, 0.29) is 0 Å². The Labute approximate surface area is 134 Å². The van der Waals surface area contributed by atoms with E-state index in [4.69, 9.17) is 0 Å². The van der Waals surface area contributed by atoms with Gasteiger partial charge in [0.2, 0.25) is 0 Å². The van der Waals surface area contributed by atoms with Gasteiger partial charge in [0.05, 0.1) is 11.2 Å². The van der Waals surface area contributed by atoms with Crippen LogP contribution in [0.1, 0.15) is 22.9 Å². The first-order valence-electron chi connectivity index (χ1n) is 7.59. The number of hydrogen-bond donors (Lipinski definition) is 1. The number of rotatable bonds is 4. The minimum absolute atomic E-state index is 0.547. The highest BCUT2D eigenvalue weighted by Gasteiger charge is 2.26. The minimum atomic E-state index is 0.547. The van der Waals surface area contributed by atoms with Gasteiger partial charge in [-0.3, -0.25) is 9.67 Å². The molecule has 6 nitrogen and oxygen atoms in total. The van der Waals surface area contributed by atoms with E-state index in [1.807, 2.05) is 36.6 Å². The van der Waals surface area contributed by atoms with Crippen LogP contribution in [0, 0.1) is 0 Å². The quantitative estimate of drug-likeness (QED) is 0.685. The number of hydrogen-bond acceptors (Lipinski definition) is 4. The van der Waals surface area contributed by atoms with Gasteiger partial charge in [0.1, 0.15) is 0 Å². The molecule has 22 heavy (non-hydrogen) atoms. The minimum Gasteiger partial charge on any atom is -0.356 e. The van der Waals surface area contributed by atoms with Crippen LogP contribution in [0.5, 0.6) is 0 Å². The van der Waals surface area contributed by atoms with Crippen LogP contribution in [0.2, 0.25) is 0 Å². The van der Waals surface area contributed by atoms with Gasteiger partial charge in [-0.1, -0.05) is 0 Å². The zero-order valence-electron chi connectivity index (χ0n) is 13.1. The molecule has 1 atom stereocenters. The lowest BCUT2D eigenvalue weighted by Gasteiger charge is -2.21. The predicted molar refractivity (Wildman–Crippen MR) is 89.3 cm³/mol. The van der Waals surface area contributed by atoms with Crippen molar-refractivity contribution in [1.82, 2.24) is 25.0 Å². The second-order valence-electron chi connectivity index (χ2n) is 5.53. The third kappa shape index (κ3) is 3.47. The molecule has 0 spiro atoms. The van der Waals surface area contributed by atoms with Gasteiger partial charge in [-0.05, 0) is 12.0 Å². The average molecular weight is 318 g/mol. The molecule has 0 amide bonds. The highest BCUT2D eigenvalue weighted by Crippen LogP contribution is 2.26. The third-order valence-corrected chi connectivity index (χ3v) is 4.84. The van der Waals surface area contributed by atoms with Crippen LogP contribution in [-0.2, 0) is 13.5 Å². The standard InChI is InChI=1S/C15H22N6S/c1-16-15(18-5-3-14-17-6-8-22-14)21-7-4-12(11-21)13-9-19-20(2)10-13/h6,8-10,12H,3-5,7,11H2,1-2H3,(H,16,18). The number of thiazole rings is 1. The van der Waals surface area contributed by atoms with Crippen LogP contribution in [0.25, 0.3) is 0 Å². The summed E-state index contributed by atoms with van der Waals surface area (Å²) in [6.45, 7) is 2.91. The molecule has 1 saturated heterocycles. The van der Waals surface area contributed by atoms with Gasteiger partial charge in [-0.25, -0.2) is 4.98 Å². The fourth-order valence-corrected chi connectivity index (χ4v) is 3.49. The number of aromatic nitrogens is 3. The second kappa shape index (κ2) is 6.91. The lowest BCUT2D eigenvalue weighted by Crippen LogP contribution is -2.40. The Hall–Kier alpha value is -1.89. The molecule has 1 aliphatic rings. The summed E-state index contributed by atoms with van der Waals surface area (Å²) < 4.78 is 1.87. The fourth-order valence-electron chi connectivity index (χ4n) is 2.87. The first-order valence-corrected chi connectivity index (χ1v) is 8.46. The summed E-state index contributed by atoms with van der Waals surface area (Å²) in [4.78, 5) is 11.1. The maximum atomic E-state index is 4.42. The normalized spacial score (nSPS) is 18.9. The van der Waals surface area contributed by atoms with Gasteiger partial charge in [-0.15, -0.1) is 11.3 Å². The first-order chi connectivity index (χ1) is 10.8. The molecule has 1 fully saturated rings. The molecular formula is C15H22N6S. The smallest absolute Gasteiger partial charge is 0.193 e. The van der Waals surface area contributed by atoms with Crippen molar-refractivity contribution in [3.8, 4) is 0 Å². The lowest BCUT2D eigenvalue weighted by molar-refractivity contribution is 0.486. The van der Waals surface area contributed by atoms with Crippen LogP contribution in [-0.4, -0.2) is 52.3 Å². The molecule has 2 aromatic heterocycles. The van der Waals surface area contributed by atoms with Gasteiger partial charge in [-0.2, -0.15) is 5.10 Å². The molecule has 3 heterocycles. The Morgan fingerprint density at radius 3 is 3.14 bits per heavy atom. The van der Waals surface area contributed by atoms with Crippen molar-refractivity contribution in [3.63, 3.8) is 0 Å². The van der Waals surface area contributed by atoms with Crippen LogP contribution >= 0.6 is 11.3 Å². The van der Waals surface area contributed by atoms with Crippen LogP contribution < -0.4 is 5.32 Å². The fraction of sp³-hybridized carbons (Fsp3) is 0.533. The van der Waals surface area contributed by atoms with Gasteiger partial charge < -0.3 is 10.2 Å². The number of likely N-dealkylation sites (tertiary alicyclic amines) is 1. The van der Waals surface area contributed by atoms with E-state index in [0.717, 1.165) is 43.4 Å². The predicted octanol–water partition coefficient (Wildman–Crippen LogP) is 1.48. The van der Waals surface area contributed by atoms with Crippen molar-refractivity contribution in [2.45, 2.75) is 18.8 Å². The Morgan fingerprint density at radius 2 is 2.45 bits per heavy atom. The van der Waals surface area contributed by atoms with E-state index >= 15 is 0 Å². The molecule has 0 saturated carbocycles. The van der Waals surface area contributed by atoms with E-state index in [1.54, 1.807) is 11.3 Å². The Morgan fingerprint density at radius 1 is 1.55 bits per heavy atom. The highest BCUT2D eigenvalue weighted by atomic mass is 32.1. The van der Waals surface area contributed by atoms with E-state index in [0.29, 0.717) is 5.92 Å². The van der Waals surface area contributed by atoms with Crippen molar-refractivity contribution < 1.29 is 0 Å². The van der Waals surface area contributed by atoms with Crippen LogP contribution in [0.15, 0.2) is 29.0 Å². The van der Waals surface area contributed by atoms with Gasteiger partial charge in [0, 0.05) is 63.8 Å². The Bertz CT molecular complexity index is 618. The molecule has 0 aliphatic carbocycles. The van der Waals surface area contributed by atoms with Crippen molar-refractivity contribution in [1.29, 1.82) is 0 Å². The molecule has 0 bridgehead atoms. The first kappa shape index (κ1) is 15.0. The number of guanidine groups is 1. The molecule has 0 radical (unpaired) electrons. The highest BCUT2D eigenvalue weighted by molar-refractivity contribution is 7.09. The third-order valence-electron chi connectivity index (χ3n) is 4.00. The van der Waals surface area contributed by atoms with E-state index < -0.39 is 0 Å². The molecular weight excluding hydrogens is 296 g/mol. The van der Waals surface area contributed by atoms with Crippen LogP contribution in [0.4, 0.5) is 0 Å². The van der Waals surface area contributed by atoms with E-state index in [9.17, 15) is 0 Å². The van der Waals surface area contributed by atoms with Gasteiger partial charge in [0.25, 0.3) is 0 Å². The maximum absolute atomic E-state index is 4.42. The largest absolute Gasteiger partial charge is 0.356 e. The lowest BCUT2D eigenvalue weighted by atomic mass is 10.0. The second-order valence-corrected chi connectivity index (χ2v) is 6.51. The Kier molecular flexibility index (Phi) is 4.72. The number of nitrogens with zero attached hydrogens (tertiary/aromatic N) is 5. The molecule has 1 N–H and O–H groups in total. The number of aryl methyl sites for hydroxylation is 1. The molecule has 0 aromatic carbocycles. The zero-order valence-corrected chi connectivity index (χ0v) is 13.9. The van der Waals surface area contributed by atoms with Gasteiger partial charge >= 0.3 is 0 Å². The van der Waals surface area contributed by atoms with Crippen molar-refractivity contribution >= 4 is 17.3 Å². The number of aliphatic imine (C=N–C) groups is 1. The molecule has 118 valence electrons. The summed E-state index contributed by atoms with van der Waals surface area (Å²) in [5.41, 5.74) is 1.32. The SMILES string of the molecule is CN=C(NCCc1nccs1)N1CCC(c2cnn(C)c2)C1. The molecule has 2 aromatic rings. The van der Waals surface area contributed by atoms with E-state index in [1.165, 1.54) is 5.56 Å². The summed E-state index contributed by atoms with van der Waals surface area (Å²) >= 11 is 1.70. The number of nitrogens with one attached hydrogen (secondary N) is 1. The van der Waals surface area contributed by atoms with Crippen LogP contribution in [0.3, 0.4) is 0 Å². The summed E-state index contributed by atoms with van der Waals surface area (Å²) in [6.07, 6.45) is 8.04. The topological polar surface area (TPSA) is 58.3 Å². The zero-order chi connectivity index (χ0) is 15.4. The summed E-state index contributed by atoms with van der Waals surface area (Å²) in [5.74, 6) is 1.54. The van der Waals surface area contributed by atoms with Gasteiger partial charge in [0.15, 0.2) is 5.96 Å². The van der Waals surface area contributed by atoms with Crippen molar-refractivity contribution in [2.24, 2.45) is 12.0 Å². The molecule has 1 unspecified atom stereocenters. The van der Waals surface area contributed by atoms with Crippen molar-refractivity contribution in [3.05, 3.63) is 34.5 Å².